The number of carbonyl (C=O) groups excluding carboxylic acids is 1. The summed E-state index contributed by atoms with van der Waals surface area (Å²) in [4.78, 5) is 69.9. The monoisotopic (exact) mass is 629 g/mol. The number of nitro benzene ring substituents is 1. The minimum absolute atomic E-state index is 0.0316. The maximum Gasteiger partial charge on any atom is 0.360 e. The number of ether oxygens (including phenoxy) is 1. The van der Waals surface area contributed by atoms with Crippen molar-refractivity contribution in [2.45, 2.75) is 4.90 Å². The fraction of sp³-hybridized carbons (Fsp3) is 0.0417. The lowest BCUT2D eigenvalue weighted by atomic mass is 10.1. The van der Waals surface area contributed by atoms with E-state index < -0.39 is 60.3 Å². The predicted octanol–water partition coefficient (Wildman–Crippen LogP) is 1.03. The highest BCUT2D eigenvalue weighted by atomic mass is 32.2. The molecule has 0 radical (unpaired) electrons. The standard InChI is InChI=1S/C24H19N7O12S/c1-43-19-11-14(28-44(41,42)17-9-12(20(32)33)8-13(10-17)21(34)35)2-7-18(19)25-26-22(36)29-23(37)27-30(24(29)38)15-3-5-16(6-4-15)31(39)40/h2-11,25,28H,1H3,(H,26,36)(H,27,37)(H,32,33)(H,34,35). The highest BCUT2D eigenvalue weighted by Gasteiger charge is 2.22. The number of hydrogen-bond donors (Lipinski definition) is 6. The van der Waals surface area contributed by atoms with Gasteiger partial charge in [-0.25, -0.2) is 42.2 Å². The van der Waals surface area contributed by atoms with Gasteiger partial charge in [0.1, 0.15) is 5.75 Å². The zero-order valence-corrected chi connectivity index (χ0v) is 22.8. The van der Waals surface area contributed by atoms with Crippen LogP contribution in [0.3, 0.4) is 0 Å². The van der Waals surface area contributed by atoms with Crippen LogP contribution in [0.1, 0.15) is 20.7 Å². The zero-order chi connectivity index (χ0) is 32.3. The quantitative estimate of drug-likeness (QED) is 0.106. The maximum atomic E-state index is 12.9. The Morgan fingerprint density at radius 1 is 0.955 bits per heavy atom. The van der Waals surface area contributed by atoms with Gasteiger partial charge in [-0.3, -0.25) is 25.7 Å². The highest BCUT2D eigenvalue weighted by Crippen LogP contribution is 2.29. The third-order valence-corrected chi connectivity index (χ3v) is 7.14. The molecule has 6 N–H and O–H groups in total. The van der Waals surface area contributed by atoms with Gasteiger partial charge < -0.3 is 14.9 Å². The number of aromatic amines is 1. The van der Waals surface area contributed by atoms with Gasteiger partial charge in [0.05, 0.1) is 45.1 Å². The number of sulfonamides is 1. The predicted molar refractivity (Wildman–Crippen MR) is 149 cm³/mol. The number of methoxy groups -OCH3 is 1. The number of H-pyrrole nitrogens is 1. The number of non-ortho nitro benzene ring substituents is 1. The molecule has 20 heteroatoms. The number of nitrogens with zero attached hydrogens (tertiary/aromatic N) is 3. The Bertz CT molecular complexity index is 2010. The summed E-state index contributed by atoms with van der Waals surface area (Å²) in [7, 11) is -3.29. The summed E-state index contributed by atoms with van der Waals surface area (Å²) in [5, 5.41) is 31.4. The summed E-state index contributed by atoms with van der Waals surface area (Å²) in [6.45, 7) is 0. The van der Waals surface area contributed by atoms with Crippen molar-refractivity contribution in [2.75, 3.05) is 17.3 Å². The smallest absolute Gasteiger partial charge is 0.360 e. The van der Waals surface area contributed by atoms with Gasteiger partial charge in [0.25, 0.3) is 15.7 Å². The van der Waals surface area contributed by atoms with Crippen molar-refractivity contribution in [3.8, 4) is 11.4 Å². The first-order valence-electron chi connectivity index (χ1n) is 11.8. The number of hydrazine groups is 1. The Balaban J connectivity index is 1.53. The number of carbonyl (C=O) groups is 3. The van der Waals surface area contributed by atoms with Crippen LogP contribution >= 0.6 is 0 Å². The third-order valence-electron chi connectivity index (χ3n) is 5.78. The Kier molecular flexibility index (Phi) is 8.19. The molecule has 0 aliphatic rings. The SMILES string of the molecule is COc1cc(NS(=O)(=O)c2cc(C(=O)O)cc(C(=O)O)c2)ccc1NNC(=O)n1c(=O)[nH]n(-c2ccc([N+](=O)[O-])cc2)c1=O. The number of anilines is 2. The molecule has 1 amide bonds. The van der Waals surface area contributed by atoms with E-state index in [2.05, 4.69) is 20.7 Å². The lowest BCUT2D eigenvalue weighted by Gasteiger charge is -2.14. The van der Waals surface area contributed by atoms with Crippen molar-refractivity contribution >= 4 is 45.1 Å². The third kappa shape index (κ3) is 6.23. The largest absolute Gasteiger partial charge is 0.494 e. The number of nitrogens with one attached hydrogen (secondary N) is 4. The maximum absolute atomic E-state index is 12.9. The van der Waals surface area contributed by atoms with Crippen molar-refractivity contribution in [1.82, 2.24) is 19.8 Å². The first kappa shape index (κ1) is 30.5. The molecule has 44 heavy (non-hydrogen) atoms. The van der Waals surface area contributed by atoms with E-state index in [9.17, 15) is 52.7 Å². The molecule has 0 unspecified atom stereocenters. The highest BCUT2D eigenvalue weighted by molar-refractivity contribution is 7.92. The van der Waals surface area contributed by atoms with Crippen molar-refractivity contribution < 1.29 is 42.7 Å². The average molecular weight is 630 g/mol. The molecule has 3 aromatic carbocycles. The van der Waals surface area contributed by atoms with E-state index in [0.717, 1.165) is 36.4 Å². The first-order valence-corrected chi connectivity index (χ1v) is 13.3. The second-order valence-electron chi connectivity index (χ2n) is 8.58. The number of nitro groups is 1. The average Bonchev–Trinajstić information content (AvgIpc) is 3.28. The summed E-state index contributed by atoms with van der Waals surface area (Å²) in [5.74, 6) is -3.15. The number of carboxylic acid groups (broad SMARTS) is 2. The van der Waals surface area contributed by atoms with Crippen LogP contribution < -0.4 is 31.7 Å². The van der Waals surface area contributed by atoms with Gasteiger partial charge in [0.2, 0.25) is 0 Å². The molecule has 0 aliphatic carbocycles. The molecule has 0 saturated carbocycles. The van der Waals surface area contributed by atoms with E-state index in [4.69, 9.17) is 4.74 Å². The summed E-state index contributed by atoms with van der Waals surface area (Å²) < 4.78 is 34.1. The van der Waals surface area contributed by atoms with Crippen molar-refractivity contribution in [3.63, 3.8) is 0 Å². The fourth-order valence-electron chi connectivity index (χ4n) is 3.71. The van der Waals surface area contributed by atoms with Crippen LogP contribution in [0.15, 0.2) is 75.1 Å². The molecule has 1 aromatic heterocycles. The van der Waals surface area contributed by atoms with Gasteiger partial charge in [-0.2, -0.15) is 4.57 Å². The van der Waals surface area contributed by atoms with Crippen LogP contribution in [-0.4, -0.2) is 63.0 Å². The van der Waals surface area contributed by atoms with Crippen molar-refractivity contribution in [3.05, 3.63) is 103 Å². The Morgan fingerprint density at radius 3 is 2.11 bits per heavy atom. The number of rotatable bonds is 10. The van der Waals surface area contributed by atoms with Crippen LogP contribution in [0.4, 0.5) is 21.9 Å². The van der Waals surface area contributed by atoms with Crippen molar-refractivity contribution in [2.24, 2.45) is 0 Å². The van der Waals surface area contributed by atoms with E-state index in [1.807, 2.05) is 0 Å². The summed E-state index contributed by atoms with van der Waals surface area (Å²) in [6.07, 6.45) is 0. The first-order chi connectivity index (χ1) is 20.7. The normalized spacial score (nSPS) is 10.9. The second-order valence-corrected chi connectivity index (χ2v) is 10.3. The molecule has 19 nitrogen and oxygen atoms in total. The van der Waals surface area contributed by atoms with Gasteiger partial charge in [0.15, 0.2) is 0 Å². The molecule has 4 aromatic rings. The van der Waals surface area contributed by atoms with Crippen molar-refractivity contribution in [1.29, 1.82) is 0 Å². The van der Waals surface area contributed by atoms with Gasteiger partial charge in [-0.1, -0.05) is 0 Å². The topological polar surface area (TPSA) is 274 Å². The number of amides is 1. The minimum Gasteiger partial charge on any atom is -0.494 e. The van der Waals surface area contributed by atoms with E-state index in [1.165, 1.54) is 31.4 Å². The Morgan fingerprint density at radius 2 is 1.57 bits per heavy atom. The molecule has 4 rings (SSSR count). The number of hydrogen-bond acceptors (Lipinski definition) is 11. The summed E-state index contributed by atoms with van der Waals surface area (Å²) in [5.41, 5.74) is 0.815. The van der Waals surface area contributed by atoms with E-state index in [1.54, 1.807) is 0 Å². The molecule has 0 bridgehead atoms. The number of benzene rings is 3. The molecule has 0 aliphatic heterocycles. The molecule has 0 saturated heterocycles. The van der Waals surface area contributed by atoms with Crippen LogP contribution in [0.2, 0.25) is 0 Å². The molecule has 0 spiro atoms. The van der Waals surface area contributed by atoms with Crippen LogP contribution in [0, 0.1) is 10.1 Å². The zero-order valence-electron chi connectivity index (χ0n) is 22.0. The fourth-order valence-corrected chi connectivity index (χ4v) is 4.83. The van der Waals surface area contributed by atoms with Gasteiger partial charge in [0, 0.05) is 18.2 Å². The lowest BCUT2D eigenvalue weighted by Crippen LogP contribution is -2.43. The summed E-state index contributed by atoms with van der Waals surface area (Å²) >= 11 is 0. The van der Waals surface area contributed by atoms with E-state index in [0.29, 0.717) is 4.68 Å². The number of carboxylic acids is 2. The Hall–Kier alpha value is -6.44. The minimum atomic E-state index is -4.50. The van der Waals surface area contributed by atoms with E-state index >= 15 is 0 Å². The number of aromatic nitrogens is 3. The second kappa shape index (κ2) is 11.8. The molecule has 1 heterocycles. The molecule has 228 valence electrons. The van der Waals surface area contributed by atoms with Crippen LogP contribution in [0.25, 0.3) is 5.69 Å². The molecule has 0 fully saturated rings. The van der Waals surface area contributed by atoms with Gasteiger partial charge in [-0.15, -0.1) is 0 Å². The molecular weight excluding hydrogens is 610 g/mol. The number of aromatic carboxylic acids is 2. The van der Waals surface area contributed by atoms with Gasteiger partial charge >= 0.3 is 29.3 Å². The van der Waals surface area contributed by atoms with Crippen LogP contribution in [-0.2, 0) is 10.0 Å². The molecule has 0 atom stereocenters. The Labute approximate surface area is 244 Å². The van der Waals surface area contributed by atoms with Gasteiger partial charge in [-0.05, 0) is 42.5 Å². The van der Waals surface area contributed by atoms with Crippen LogP contribution in [0.5, 0.6) is 5.75 Å². The van der Waals surface area contributed by atoms with E-state index in [-0.39, 0.29) is 33.1 Å². The lowest BCUT2D eigenvalue weighted by molar-refractivity contribution is -0.384. The summed E-state index contributed by atoms with van der Waals surface area (Å²) in [6, 6.07) is 9.27. The molecular formula is C24H19N7O12S.